The predicted octanol–water partition coefficient (Wildman–Crippen LogP) is 3.41. The number of nitrogens with one attached hydrogen (secondary N) is 2. The number of hydroxylamine groups is 1. The zero-order valence-corrected chi connectivity index (χ0v) is 19.0. The number of para-hydroxylation sites is 1. The molecule has 1 aliphatic heterocycles. The van der Waals surface area contributed by atoms with Gasteiger partial charge < -0.3 is 16.0 Å². The van der Waals surface area contributed by atoms with Crippen molar-refractivity contribution in [2.75, 3.05) is 17.2 Å². The summed E-state index contributed by atoms with van der Waals surface area (Å²) in [6.07, 6.45) is 6.23. The Morgan fingerprint density at radius 1 is 1.09 bits per heavy atom. The van der Waals surface area contributed by atoms with Crippen LogP contribution in [0.2, 0.25) is 0 Å². The van der Waals surface area contributed by atoms with Crippen LogP contribution in [0.1, 0.15) is 49.7 Å². The van der Waals surface area contributed by atoms with Gasteiger partial charge in [-0.3, -0.25) is 14.8 Å². The highest BCUT2D eigenvalue weighted by Crippen LogP contribution is 2.32. The van der Waals surface area contributed by atoms with Crippen molar-refractivity contribution in [2.45, 2.75) is 57.5 Å². The Balaban J connectivity index is 1.41. The molecule has 7 nitrogen and oxygen atoms in total. The van der Waals surface area contributed by atoms with Crippen molar-refractivity contribution in [3.63, 3.8) is 0 Å². The van der Waals surface area contributed by atoms with Crippen LogP contribution in [0.25, 0.3) is 0 Å². The molecular formula is C26H34N4O3. The molecule has 1 fully saturated rings. The van der Waals surface area contributed by atoms with E-state index in [1.165, 1.54) is 5.56 Å². The number of nitrogens with two attached hydrogens (primary N) is 1. The summed E-state index contributed by atoms with van der Waals surface area (Å²) < 4.78 is 0. The van der Waals surface area contributed by atoms with Gasteiger partial charge in [0.2, 0.25) is 11.8 Å². The standard InChI is InChI=1S/C26H34N4O3/c27-22-11-8-19(9-12-22)17-30-24-7-2-1-5-20(24)10-13-23(26(30)32)28-15-14-18-4-3-6-21(16-18)25(31)29-33/h1-2,5,7-9,11-12,18,21,23,28,33H,3-4,6,10,13-17,27H2,(H,29,31)/t18-,21+,23?/m1/s1. The van der Waals surface area contributed by atoms with E-state index in [0.717, 1.165) is 62.7 Å². The number of nitrogen functional groups attached to an aromatic ring is 1. The van der Waals surface area contributed by atoms with Crippen LogP contribution in [0.4, 0.5) is 11.4 Å². The SMILES string of the molecule is Nc1ccc(CN2C(=O)C(NCC[C@H]3CCC[C@H](C(=O)NO)C3)CCc3ccccc32)cc1. The normalized spacial score (nSPS) is 23.0. The second-order valence-corrected chi connectivity index (χ2v) is 9.33. The molecule has 1 heterocycles. The summed E-state index contributed by atoms with van der Waals surface area (Å²) >= 11 is 0. The fraction of sp³-hybridized carbons (Fsp3) is 0.462. The minimum Gasteiger partial charge on any atom is -0.399 e. The second kappa shape index (κ2) is 10.8. The largest absolute Gasteiger partial charge is 0.399 e. The van der Waals surface area contributed by atoms with Crippen LogP contribution in [0.5, 0.6) is 0 Å². The predicted molar refractivity (Wildman–Crippen MR) is 129 cm³/mol. The Kier molecular flexibility index (Phi) is 7.62. The molecule has 2 amide bonds. The number of benzene rings is 2. The van der Waals surface area contributed by atoms with Gasteiger partial charge in [-0.15, -0.1) is 0 Å². The van der Waals surface area contributed by atoms with Crippen LogP contribution in [0.3, 0.4) is 0 Å². The lowest BCUT2D eigenvalue weighted by molar-refractivity contribution is -0.134. The van der Waals surface area contributed by atoms with E-state index < -0.39 is 0 Å². The highest BCUT2D eigenvalue weighted by molar-refractivity contribution is 5.98. The van der Waals surface area contributed by atoms with Crippen molar-refractivity contribution in [1.82, 2.24) is 10.8 Å². The van der Waals surface area contributed by atoms with Crippen molar-refractivity contribution >= 4 is 23.2 Å². The summed E-state index contributed by atoms with van der Waals surface area (Å²) in [5.41, 5.74) is 11.6. The average molecular weight is 451 g/mol. The molecule has 5 N–H and O–H groups in total. The maximum absolute atomic E-state index is 13.6. The summed E-state index contributed by atoms with van der Waals surface area (Å²) in [7, 11) is 0. The van der Waals surface area contributed by atoms with Crippen LogP contribution in [0, 0.1) is 11.8 Å². The fourth-order valence-corrected chi connectivity index (χ4v) is 5.22. The molecule has 1 unspecified atom stereocenters. The van der Waals surface area contributed by atoms with Gasteiger partial charge in [0.25, 0.3) is 0 Å². The van der Waals surface area contributed by atoms with E-state index in [1.807, 2.05) is 47.4 Å². The number of carbonyl (C=O) groups is 2. The number of hydrogen-bond acceptors (Lipinski definition) is 5. The van der Waals surface area contributed by atoms with Gasteiger partial charge in [-0.05, 0) is 73.9 Å². The lowest BCUT2D eigenvalue weighted by atomic mass is 9.79. The molecule has 3 atom stereocenters. The summed E-state index contributed by atoms with van der Waals surface area (Å²) in [6, 6.07) is 15.6. The van der Waals surface area contributed by atoms with Crippen molar-refractivity contribution in [1.29, 1.82) is 0 Å². The molecule has 33 heavy (non-hydrogen) atoms. The van der Waals surface area contributed by atoms with Crippen molar-refractivity contribution in [3.05, 3.63) is 59.7 Å². The molecule has 4 rings (SSSR count). The van der Waals surface area contributed by atoms with Crippen molar-refractivity contribution in [2.24, 2.45) is 11.8 Å². The van der Waals surface area contributed by atoms with E-state index >= 15 is 0 Å². The van der Waals surface area contributed by atoms with Gasteiger partial charge in [-0.1, -0.05) is 43.2 Å². The number of rotatable bonds is 7. The average Bonchev–Trinajstić information content (AvgIpc) is 2.97. The molecular weight excluding hydrogens is 416 g/mol. The number of carbonyl (C=O) groups excluding carboxylic acids is 2. The molecule has 0 bridgehead atoms. The van der Waals surface area contributed by atoms with Crippen LogP contribution in [-0.2, 0) is 22.6 Å². The lowest BCUT2D eigenvalue weighted by Gasteiger charge is -2.29. The summed E-state index contributed by atoms with van der Waals surface area (Å²) in [6.45, 7) is 1.25. The molecule has 0 spiro atoms. The number of fused-ring (bicyclic) bond motifs is 1. The van der Waals surface area contributed by atoms with E-state index in [-0.39, 0.29) is 23.8 Å². The number of nitrogens with zero attached hydrogens (tertiary/aromatic N) is 1. The first-order valence-corrected chi connectivity index (χ1v) is 12.0. The summed E-state index contributed by atoms with van der Waals surface area (Å²) in [4.78, 5) is 27.3. The topological polar surface area (TPSA) is 108 Å². The Labute approximate surface area is 195 Å². The molecule has 0 aromatic heterocycles. The van der Waals surface area contributed by atoms with E-state index in [9.17, 15) is 9.59 Å². The molecule has 2 aliphatic rings. The van der Waals surface area contributed by atoms with Gasteiger partial charge >= 0.3 is 0 Å². The number of anilines is 2. The molecule has 7 heteroatoms. The smallest absolute Gasteiger partial charge is 0.246 e. The van der Waals surface area contributed by atoms with Crippen molar-refractivity contribution in [3.8, 4) is 0 Å². The molecule has 2 aromatic carbocycles. The third kappa shape index (κ3) is 5.72. The zero-order valence-electron chi connectivity index (χ0n) is 19.0. The van der Waals surface area contributed by atoms with E-state index in [0.29, 0.717) is 18.2 Å². The quantitative estimate of drug-likeness (QED) is 0.294. The lowest BCUT2D eigenvalue weighted by Crippen LogP contribution is -2.46. The van der Waals surface area contributed by atoms with E-state index in [1.54, 1.807) is 5.48 Å². The number of amides is 2. The van der Waals surface area contributed by atoms with Gasteiger partial charge in [-0.25, -0.2) is 5.48 Å². The first-order chi connectivity index (χ1) is 16.0. The minimum atomic E-state index is -0.275. The van der Waals surface area contributed by atoms with Gasteiger partial charge in [0.05, 0.1) is 12.6 Å². The fourth-order valence-electron chi connectivity index (χ4n) is 5.22. The molecule has 176 valence electrons. The third-order valence-corrected chi connectivity index (χ3v) is 7.08. The first-order valence-electron chi connectivity index (χ1n) is 12.0. The Morgan fingerprint density at radius 3 is 2.67 bits per heavy atom. The number of hydrogen-bond donors (Lipinski definition) is 4. The molecule has 2 aromatic rings. The maximum atomic E-state index is 13.6. The Morgan fingerprint density at radius 2 is 1.88 bits per heavy atom. The first kappa shape index (κ1) is 23.3. The van der Waals surface area contributed by atoms with Crippen molar-refractivity contribution < 1.29 is 14.8 Å². The highest BCUT2D eigenvalue weighted by atomic mass is 16.5. The van der Waals surface area contributed by atoms with Crippen LogP contribution >= 0.6 is 0 Å². The van der Waals surface area contributed by atoms with Gasteiger partial charge in [0, 0.05) is 17.3 Å². The molecule has 0 saturated heterocycles. The minimum absolute atomic E-state index is 0.0953. The van der Waals surface area contributed by atoms with Gasteiger partial charge in [0.1, 0.15) is 0 Å². The van der Waals surface area contributed by atoms with Crippen LogP contribution < -0.4 is 21.4 Å². The highest BCUT2D eigenvalue weighted by Gasteiger charge is 2.31. The van der Waals surface area contributed by atoms with E-state index in [4.69, 9.17) is 10.9 Å². The zero-order chi connectivity index (χ0) is 23.2. The van der Waals surface area contributed by atoms with Crippen LogP contribution in [0.15, 0.2) is 48.5 Å². The monoisotopic (exact) mass is 450 g/mol. The van der Waals surface area contributed by atoms with Crippen LogP contribution in [-0.4, -0.2) is 29.6 Å². The van der Waals surface area contributed by atoms with Gasteiger partial charge in [0.15, 0.2) is 0 Å². The molecule has 0 radical (unpaired) electrons. The molecule has 1 saturated carbocycles. The molecule has 1 aliphatic carbocycles. The Hall–Kier alpha value is -2.90. The van der Waals surface area contributed by atoms with Gasteiger partial charge in [-0.2, -0.15) is 0 Å². The summed E-state index contributed by atoms with van der Waals surface area (Å²) in [5.74, 6) is 0.135. The number of aryl methyl sites for hydroxylation is 1. The third-order valence-electron chi connectivity index (χ3n) is 7.08. The van der Waals surface area contributed by atoms with E-state index in [2.05, 4.69) is 11.4 Å². The second-order valence-electron chi connectivity index (χ2n) is 9.33. The maximum Gasteiger partial charge on any atom is 0.246 e. The Bertz CT molecular complexity index is 962. The summed E-state index contributed by atoms with van der Waals surface area (Å²) in [5, 5.41) is 12.4.